The molecule has 2 aromatic carbocycles. The summed E-state index contributed by atoms with van der Waals surface area (Å²) in [5, 5.41) is 28.9. The van der Waals surface area contributed by atoms with Crippen molar-refractivity contribution in [2.24, 2.45) is 0 Å². The highest BCUT2D eigenvalue weighted by atomic mass is 32.2. The first kappa shape index (κ1) is 23.5. The minimum atomic E-state index is -5.94. The highest BCUT2D eigenvalue weighted by Gasteiger charge is 2.48. The molecule has 0 unspecified atom stereocenters. The number of alkyl halides is 3. The number of nitro benzene ring substituents is 2. The Morgan fingerprint density at radius 1 is 0.897 bits per heavy atom. The molecule has 0 aliphatic heterocycles. The van der Waals surface area contributed by atoms with E-state index in [1.54, 1.807) is 0 Å². The molecule has 0 saturated carbocycles. The Hall–Kier alpha value is -3.56. The van der Waals surface area contributed by atoms with Gasteiger partial charge in [0.05, 0.1) is 9.85 Å². The molecule has 0 aliphatic carbocycles. The highest BCUT2D eigenvalue weighted by Crippen LogP contribution is 2.29. The summed E-state index contributed by atoms with van der Waals surface area (Å²) in [5.74, 6) is -3.90. The van der Waals surface area contributed by atoms with Gasteiger partial charge in [0.25, 0.3) is 0 Å². The molecule has 29 heavy (non-hydrogen) atoms. The van der Waals surface area contributed by atoms with Crippen LogP contribution in [-0.4, -0.2) is 28.9 Å². The lowest BCUT2D eigenvalue weighted by Gasteiger charge is -2.09. The zero-order valence-corrected chi connectivity index (χ0v) is 14.3. The van der Waals surface area contributed by atoms with Crippen molar-refractivity contribution in [3.05, 3.63) is 68.3 Å². The SMILES string of the molecule is O=[N+]([O-])c1ccc(O)cc1F.O=[N+]([O-])c1ccc(OS(=O)(=O)C(F)(F)F)cc1F. The van der Waals surface area contributed by atoms with E-state index in [-0.39, 0.29) is 11.8 Å². The first-order chi connectivity index (χ1) is 13.2. The lowest BCUT2D eigenvalue weighted by molar-refractivity contribution is -0.387. The summed E-state index contributed by atoms with van der Waals surface area (Å²) in [7, 11) is -5.94. The smallest absolute Gasteiger partial charge is 0.508 e. The van der Waals surface area contributed by atoms with Crippen molar-refractivity contribution in [2.75, 3.05) is 0 Å². The standard InChI is InChI=1S/C7H3F4NO5S.C6H4FNO3/c8-5-3-4(1-2-6(5)12(13)14)17-18(15,16)7(9,10)11;7-5-3-4(9)1-2-6(5)8(10)11/h1-3H;1-3,9H. The van der Waals surface area contributed by atoms with Crippen LogP contribution in [0.1, 0.15) is 0 Å². The highest BCUT2D eigenvalue weighted by molar-refractivity contribution is 7.88. The van der Waals surface area contributed by atoms with E-state index in [9.17, 15) is 50.6 Å². The topological polar surface area (TPSA) is 150 Å². The molecule has 0 atom stereocenters. The van der Waals surface area contributed by atoms with E-state index in [4.69, 9.17) is 5.11 Å². The maximum atomic E-state index is 13.0. The number of nitrogens with zero attached hydrogens (tertiary/aromatic N) is 2. The largest absolute Gasteiger partial charge is 0.534 e. The Bertz CT molecular complexity index is 1040. The molecule has 1 N–H and O–H groups in total. The van der Waals surface area contributed by atoms with Crippen LogP contribution >= 0.6 is 0 Å². The summed E-state index contributed by atoms with van der Waals surface area (Å²) < 4.78 is 85.9. The molecule has 2 rings (SSSR count). The number of benzene rings is 2. The zero-order chi connectivity index (χ0) is 22.6. The average molecular weight is 446 g/mol. The van der Waals surface area contributed by atoms with Crippen molar-refractivity contribution in [1.82, 2.24) is 0 Å². The second-order valence-corrected chi connectivity index (χ2v) is 6.28. The molecule has 0 spiro atoms. The van der Waals surface area contributed by atoms with Crippen LogP contribution in [-0.2, 0) is 10.1 Å². The first-order valence-electron chi connectivity index (χ1n) is 6.73. The molecule has 0 aromatic heterocycles. The predicted octanol–water partition coefficient (Wildman–Crippen LogP) is 3.40. The number of halogens is 5. The lowest BCUT2D eigenvalue weighted by atomic mass is 10.3. The normalized spacial score (nSPS) is 11.2. The number of rotatable bonds is 4. The fourth-order valence-electron chi connectivity index (χ4n) is 1.51. The fraction of sp³-hybridized carbons (Fsp3) is 0.0769. The maximum absolute atomic E-state index is 13.0. The van der Waals surface area contributed by atoms with Crippen LogP contribution in [0.4, 0.5) is 33.3 Å². The van der Waals surface area contributed by atoms with Gasteiger partial charge in [0.2, 0.25) is 11.6 Å². The Kier molecular flexibility index (Phi) is 6.99. The van der Waals surface area contributed by atoms with Crippen molar-refractivity contribution in [1.29, 1.82) is 0 Å². The lowest BCUT2D eigenvalue weighted by Crippen LogP contribution is -2.28. The first-order valence-corrected chi connectivity index (χ1v) is 8.14. The van der Waals surface area contributed by atoms with Crippen LogP contribution in [0.15, 0.2) is 36.4 Å². The third-order valence-electron chi connectivity index (χ3n) is 2.73. The summed E-state index contributed by atoms with van der Waals surface area (Å²) in [5.41, 5.74) is -7.33. The number of hydrogen-bond acceptors (Lipinski definition) is 8. The van der Waals surface area contributed by atoms with Crippen LogP contribution in [0.25, 0.3) is 0 Å². The van der Waals surface area contributed by atoms with Gasteiger partial charge in [-0.25, -0.2) is 0 Å². The van der Waals surface area contributed by atoms with E-state index in [1.807, 2.05) is 0 Å². The number of hydrogen-bond donors (Lipinski definition) is 1. The number of aromatic hydroxyl groups is 1. The molecule has 158 valence electrons. The van der Waals surface area contributed by atoms with Gasteiger partial charge in [0.1, 0.15) is 11.5 Å². The van der Waals surface area contributed by atoms with Crippen LogP contribution < -0.4 is 4.18 Å². The van der Waals surface area contributed by atoms with Gasteiger partial charge >= 0.3 is 27.0 Å². The predicted molar refractivity (Wildman–Crippen MR) is 83.4 cm³/mol. The van der Waals surface area contributed by atoms with Crippen LogP contribution in [0, 0.1) is 31.9 Å². The van der Waals surface area contributed by atoms with Crippen molar-refractivity contribution < 1.29 is 49.5 Å². The van der Waals surface area contributed by atoms with Gasteiger partial charge in [0.15, 0.2) is 0 Å². The summed E-state index contributed by atoms with van der Waals surface area (Å²) in [6, 6.07) is 3.84. The van der Waals surface area contributed by atoms with E-state index in [2.05, 4.69) is 4.18 Å². The molecular formula is C13H7F5N2O8S. The molecule has 2 aromatic rings. The Balaban J connectivity index is 0.000000326. The van der Waals surface area contributed by atoms with Crippen LogP contribution in [0.3, 0.4) is 0 Å². The minimum absolute atomic E-state index is 0.168. The summed E-state index contributed by atoms with van der Waals surface area (Å²) in [4.78, 5) is 18.2. The van der Waals surface area contributed by atoms with Gasteiger partial charge in [-0.15, -0.1) is 0 Å². The second kappa shape index (κ2) is 8.63. The van der Waals surface area contributed by atoms with Gasteiger partial charge in [-0.05, 0) is 12.1 Å². The molecule has 16 heteroatoms. The molecule has 0 aliphatic rings. The number of phenolic OH excluding ortho intramolecular Hbond substituents is 1. The van der Waals surface area contributed by atoms with Gasteiger partial charge in [-0.2, -0.15) is 30.4 Å². The van der Waals surface area contributed by atoms with Gasteiger partial charge in [-0.3, -0.25) is 20.2 Å². The van der Waals surface area contributed by atoms with E-state index in [0.29, 0.717) is 18.2 Å². The molecule has 0 radical (unpaired) electrons. The Morgan fingerprint density at radius 3 is 1.72 bits per heavy atom. The van der Waals surface area contributed by atoms with Gasteiger partial charge in [-0.1, -0.05) is 0 Å². The van der Waals surface area contributed by atoms with E-state index >= 15 is 0 Å². The van der Waals surface area contributed by atoms with Crippen molar-refractivity contribution in [3.63, 3.8) is 0 Å². The van der Waals surface area contributed by atoms with Gasteiger partial charge < -0.3 is 9.29 Å². The summed E-state index contributed by atoms with van der Waals surface area (Å²) in [6.45, 7) is 0. The monoisotopic (exact) mass is 446 g/mol. The molecule has 0 amide bonds. The third-order valence-corrected chi connectivity index (χ3v) is 3.71. The van der Waals surface area contributed by atoms with Crippen molar-refractivity contribution in [2.45, 2.75) is 5.51 Å². The average Bonchev–Trinajstić information content (AvgIpc) is 2.53. The molecule has 0 heterocycles. The van der Waals surface area contributed by atoms with E-state index < -0.39 is 54.2 Å². The zero-order valence-electron chi connectivity index (χ0n) is 13.5. The number of nitro groups is 2. The summed E-state index contributed by atoms with van der Waals surface area (Å²) >= 11 is 0. The fourth-order valence-corrected chi connectivity index (χ4v) is 1.96. The van der Waals surface area contributed by atoms with Crippen LogP contribution in [0.2, 0.25) is 0 Å². The molecule has 0 fully saturated rings. The second-order valence-electron chi connectivity index (χ2n) is 4.75. The molecule has 0 bridgehead atoms. The van der Waals surface area contributed by atoms with Gasteiger partial charge in [0, 0.05) is 24.3 Å². The maximum Gasteiger partial charge on any atom is 0.534 e. The Labute approximate surface area is 157 Å². The summed E-state index contributed by atoms with van der Waals surface area (Å²) in [6.07, 6.45) is 0. The Morgan fingerprint density at radius 2 is 1.34 bits per heavy atom. The third kappa shape index (κ3) is 6.23. The van der Waals surface area contributed by atoms with E-state index in [0.717, 1.165) is 12.1 Å². The minimum Gasteiger partial charge on any atom is -0.508 e. The molecule has 10 nitrogen and oxygen atoms in total. The van der Waals surface area contributed by atoms with E-state index in [1.165, 1.54) is 0 Å². The van der Waals surface area contributed by atoms with Crippen molar-refractivity contribution >= 4 is 21.5 Å². The molecule has 0 saturated heterocycles. The van der Waals surface area contributed by atoms with Crippen LogP contribution in [0.5, 0.6) is 11.5 Å². The quantitative estimate of drug-likeness (QED) is 0.247. The number of phenols is 1. The van der Waals surface area contributed by atoms with Crippen molar-refractivity contribution in [3.8, 4) is 11.5 Å². The molecular weight excluding hydrogens is 439 g/mol.